The molecule has 1 heterocycles. The summed E-state index contributed by atoms with van der Waals surface area (Å²) < 4.78 is 0. The molecule has 4 atom stereocenters. The van der Waals surface area contributed by atoms with Gasteiger partial charge in [-0.05, 0) is 18.3 Å². The van der Waals surface area contributed by atoms with Crippen molar-refractivity contribution in [1.29, 1.82) is 0 Å². The number of allylic oxidation sites excluding steroid dienone is 2. The number of amides is 1. The van der Waals surface area contributed by atoms with Crippen LogP contribution < -0.4 is 10.2 Å². The molecule has 0 spiro atoms. The van der Waals surface area contributed by atoms with Gasteiger partial charge in [0.2, 0.25) is 5.91 Å². The molecule has 0 radical (unpaired) electrons. The zero-order chi connectivity index (χ0) is 15.9. The number of hydrogen-bond donors (Lipinski definition) is 2. The fourth-order valence-electron chi connectivity index (χ4n) is 3.39. The number of nitrogens with zero attached hydrogens (tertiary/aromatic N) is 2. The predicted molar refractivity (Wildman–Crippen MR) is 83.6 cm³/mol. The van der Waals surface area contributed by atoms with E-state index in [9.17, 15) is 14.7 Å². The fraction of sp³-hybridized carbons (Fsp3) is 0.533. The van der Waals surface area contributed by atoms with Crippen LogP contribution in [-0.2, 0) is 16.1 Å². The number of carboxylic acids is 1. The van der Waals surface area contributed by atoms with Crippen molar-refractivity contribution in [3.63, 3.8) is 0 Å². The average molecular weight is 321 g/mol. The van der Waals surface area contributed by atoms with Gasteiger partial charge in [0.05, 0.1) is 24.1 Å². The molecule has 0 saturated heterocycles. The largest absolute Gasteiger partial charge is 0.481 e. The van der Waals surface area contributed by atoms with Gasteiger partial charge in [0, 0.05) is 19.5 Å². The first-order valence-corrected chi connectivity index (χ1v) is 8.16. The zero-order valence-corrected chi connectivity index (χ0v) is 13.3. The number of carboxylic acid groups (broad SMARTS) is 1. The Morgan fingerprint density at radius 1 is 1.36 bits per heavy atom. The van der Waals surface area contributed by atoms with Crippen LogP contribution in [0.15, 0.2) is 17.5 Å². The third-order valence-electron chi connectivity index (χ3n) is 4.41. The standard InChI is InChI=1S/C15H19N3O3S/c1-18(2)15-17-10(7-22-15)6-16-13(19)11-8-3-4-9(5-8)12(11)14(20)21/h3-4,7-9,11-12H,5-6H2,1-2H3,(H,16,19)(H,20,21). The van der Waals surface area contributed by atoms with Gasteiger partial charge >= 0.3 is 5.97 Å². The van der Waals surface area contributed by atoms with Gasteiger partial charge in [-0.3, -0.25) is 9.59 Å². The lowest BCUT2D eigenvalue weighted by atomic mass is 9.82. The van der Waals surface area contributed by atoms with Crippen molar-refractivity contribution < 1.29 is 14.7 Å². The molecule has 6 nitrogen and oxygen atoms in total. The average Bonchev–Trinajstić information content (AvgIpc) is 3.18. The minimum atomic E-state index is -0.874. The van der Waals surface area contributed by atoms with Gasteiger partial charge in [-0.15, -0.1) is 11.3 Å². The summed E-state index contributed by atoms with van der Waals surface area (Å²) in [7, 11) is 3.83. The van der Waals surface area contributed by atoms with E-state index in [1.807, 2.05) is 36.5 Å². The highest BCUT2D eigenvalue weighted by Crippen LogP contribution is 2.48. The van der Waals surface area contributed by atoms with Gasteiger partial charge in [-0.2, -0.15) is 0 Å². The van der Waals surface area contributed by atoms with E-state index in [0.29, 0.717) is 6.54 Å². The number of carbonyl (C=O) groups excluding carboxylic acids is 1. The summed E-state index contributed by atoms with van der Waals surface area (Å²) in [6, 6.07) is 0. The van der Waals surface area contributed by atoms with Gasteiger partial charge in [-0.1, -0.05) is 12.2 Å². The summed E-state index contributed by atoms with van der Waals surface area (Å²) in [5.41, 5.74) is 0.799. The summed E-state index contributed by atoms with van der Waals surface area (Å²) in [5.74, 6) is -2.05. The second-order valence-corrected chi connectivity index (χ2v) is 6.91. The molecule has 1 saturated carbocycles. The lowest BCUT2D eigenvalue weighted by Gasteiger charge is -2.23. The number of thiazole rings is 1. The molecule has 7 heteroatoms. The number of hydrogen-bond acceptors (Lipinski definition) is 5. The smallest absolute Gasteiger partial charge is 0.307 e. The summed E-state index contributed by atoms with van der Waals surface area (Å²) in [6.45, 7) is 0.340. The highest BCUT2D eigenvalue weighted by molar-refractivity contribution is 7.13. The molecule has 2 aliphatic rings. The first-order valence-electron chi connectivity index (χ1n) is 7.28. The normalized spacial score (nSPS) is 28.8. The quantitative estimate of drug-likeness (QED) is 0.800. The van der Waals surface area contributed by atoms with Crippen LogP contribution in [0, 0.1) is 23.7 Å². The first-order chi connectivity index (χ1) is 10.5. The van der Waals surface area contributed by atoms with E-state index in [4.69, 9.17) is 0 Å². The number of nitrogens with one attached hydrogen (secondary N) is 1. The van der Waals surface area contributed by atoms with Gasteiger partial charge in [0.25, 0.3) is 0 Å². The van der Waals surface area contributed by atoms with Gasteiger partial charge in [-0.25, -0.2) is 4.98 Å². The van der Waals surface area contributed by atoms with Crippen LogP contribution >= 0.6 is 11.3 Å². The van der Waals surface area contributed by atoms with E-state index < -0.39 is 17.8 Å². The monoisotopic (exact) mass is 321 g/mol. The van der Waals surface area contributed by atoms with Crippen LogP contribution in [0.1, 0.15) is 12.1 Å². The molecule has 1 amide bonds. The Bertz CT molecular complexity index is 625. The first kappa shape index (κ1) is 15.0. The highest BCUT2D eigenvalue weighted by Gasteiger charge is 2.51. The Morgan fingerprint density at radius 3 is 2.64 bits per heavy atom. The highest BCUT2D eigenvalue weighted by atomic mass is 32.1. The van der Waals surface area contributed by atoms with Crippen LogP contribution in [0.25, 0.3) is 0 Å². The molecule has 4 unspecified atom stereocenters. The minimum Gasteiger partial charge on any atom is -0.481 e. The molecular formula is C15H19N3O3S. The molecule has 0 aromatic carbocycles. The summed E-state index contributed by atoms with van der Waals surface area (Å²) in [4.78, 5) is 30.2. The molecule has 2 bridgehead atoms. The maximum absolute atomic E-state index is 12.4. The summed E-state index contributed by atoms with van der Waals surface area (Å²) in [6.07, 6.45) is 4.70. The molecule has 1 aromatic rings. The number of rotatable bonds is 5. The lowest BCUT2D eigenvalue weighted by Crippen LogP contribution is -2.39. The van der Waals surface area contributed by atoms with Crippen LogP contribution in [0.2, 0.25) is 0 Å². The van der Waals surface area contributed by atoms with Gasteiger partial charge in [0.15, 0.2) is 5.13 Å². The molecule has 2 aliphatic carbocycles. The third-order valence-corrected chi connectivity index (χ3v) is 5.47. The topological polar surface area (TPSA) is 82.5 Å². The molecule has 1 aromatic heterocycles. The Morgan fingerprint density at radius 2 is 2.05 bits per heavy atom. The zero-order valence-electron chi connectivity index (χ0n) is 12.5. The van der Waals surface area contributed by atoms with Crippen LogP contribution in [0.3, 0.4) is 0 Å². The van der Waals surface area contributed by atoms with Crippen molar-refractivity contribution in [3.05, 3.63) is 23.2 Å². The van der Waals surface area contributed by atoms with Crippen LogP contribution in [0.4, 0.5) is 5.13 Å². The maximum atomic E-state index is 12.4. The van der Waals surface area contributed by atoms with E-state index in [-0.39, 0.29) is 17.7 Å². The molecule has 3 rings (SSSR count). The van der Waals surface area contributed by atoms with Crippen LogP contribution in [0.5, 0.6) is 0 Å². The van der Waals surface area contributed by atoms with Crippen molar-refractivity contribution in [2.45, 2.75) is 13.0 Å². The number of fused-ring (bicyclic) bond motifs is 2. The van der Waals surface area contributed by atoms with Crippen molar-refractivity contribution >= 4 is 28.3 Å². The summed E-state index contributed by atoms with van der Waals surface area (Å²) >= 11 is 1.52. The Balaban J connectivity index is 1.64. The third kappa shape index (κ3) is 2.61. The maximum Gasteiger partial charge on any atom is 0.307 e. The Labute approximate surface area is 132 Å². The molecule has 22 heavy (non-hydrogen) atoms. The van der Waals surface area contributed by atoms with E-state index in [0.717, 1.165) is 17.2 Å². The second-order valence-electron chi connectivity index (χ2n) is 6.07. The number of aliphatic carboxylic acids is 1. The molecular weight excluding hydrogens is 302 g/mol. The Hall–Kier alpha value is -1.89. The van der Waals surface area contributed by atoms with Crippen LogP contribution in [-0.4, -0.2) is 36.1 Å². The van der Waals surface area contributed by atoms with E-state index in [2.05, 4.69) is 10.3 Å². The lowest BCUT2D eigenvalue weighted by molar-refractivity contribution is -0.147. The van der Waals surface area contributed by atoms with Gasteiger partial charge in [0.1, 0.15) is 0 Å². The second kappa shape index (κ2) is 5.72. The van der Waals surface area contributed by atoms with Crippen molar-refractivity contribution in [2.24, 2.45) is 23.7 Å². The predicted octanol–water partition coefficient (Wildman–Crippen LogP) is 1.35. The van der Waals surface area contributed by atoms with Crippen molar-refractivity contribution in [3.8, 4) is 0 Å². The molecule has 118 valence electrons. The van der Waals surface area contributed by atoms with E-state index >= 15 is 0 Å². The SMILES string of the molecule is CN(C)c1nc(CNC(=O)C2C3C=CC(C3)C2C(=O)O)cs1. The van der Waals surface area contributed by atoms with E-state index in [1.54, 1.807) is 0 Å². The Kier molecular flexibility index (Phi) is 3.90. The fourth-order valence-corrected chi connectivity index (χ4v) is 4.15. The van der Waals surface area contributed by atoms with Crippen molar-refractivity contribution in [1.82, 2.24) is 10.3 Å². The van der Waals surface area contributed by atoms with Gasteiger partial charge < -0.3 is 15.3 Å². The number of anilines is 1. The number of carbonyl (C=O) groups is 2. The number of aromatic nitrogens is 1. The molecule has 0 aliphatic heterocycles. The van der Waals surface area contributed by atoms with E-state index in [1.165, 1.54) is 11.3 Å². The summed E-state index contributed by atoms with van der Waals surface area (Å²) in [5, 5.41) is 15.0. The molecule has 1 fully saturated rings. The molecule has 2 N–H and O–H groups in total. The van der Waals surface area contributed by atoms with Crippen molar-refractivity contribution in [2.75, 3.05) is 19.0 Å². The minimum absolute atomic E-state index is 0.00198.